The summed E-state index contributed by atoms with van der Waals surface area (Å²) in [5, 5.41) is 4.13. The fourth-order valence-electron chi connectivity index (χ4n) is 2.74. The standard InChI is InChI=1S/C17H25N5O/c1-13(15-19-16(20-23-15)17(2,3)4)21-9-11-22(12-10-21)14-7-5-6-8-18-14/h5-8,13H,9-12H2,1-4H3. The molecule has 2 aromatic rings. The van der Waals surface area contributed by atoms with Crippen molar-refractivity contribution >= 4 is 5.82 Å². The molecule has 1 unspecified atom stereocenters. The van der Waals surface area contributed by atoms with E-state index in [4.69, 9.17) is 4.52 Å². The predicted molar refractivity (Wildman–Crippen MR) is 89.4 cm³/mol. The number of rotatable bonds is 3. The van der Waals surface area contributed by atoms with Crippen molar-refractivity contribution < 1.29 is 4.52 Å². The molecular formula is C17H25N5O. The minimum absolute atomic E-state index is 0.0842. The summed E-state index contributed by atoms with van der Waals surface area (Å²) in [4.78, 5) is 13.7. The number of pyridine rings is 1. The number of piperazine rings is 1. The first-order chi connectivity index (χ1) is 10.9. The van der Waals surface area contributed by atoms with Crippen molar-refractivity contribution in [2.75, 3.05) is 31.1 Å². The second-order valence-corrected chi connectivity index (χ2v) is 7.09. The van der Waals surface area contributed by atoms with Crippen LogP contribution in [-0.2, 0) is 5.41 Å². The molecule has 2 aromatic heterocycles. The van der Waals surface area contributed by atoms with Crippen molar-refractivity contribution in [3.8, 4) is 0 Å². The summed E-state index contributed by atoms with van der Waals surface area (Å²) in [5.74, 6) is 2.53. The lowest BCUT2D eigenvalue weighted by atomic mass is 9.96. The summed E-state index contributed by atoms with van der Waals surface area (Å²) in [6.45, 7) is 12.3. The van der Waals surface area contributed by atoms with Crippen molar-refractivity contribution in [1.82, 2.24) is 20.0 Å². The Kier molecular flexibility index (Phi) is 4.35. The molecule has 1 fully saturated rings. The van der Waals surface area contributed by atoms with Crippen LogP contribution in [0.1, 0.15) is 45.5 Å². The van der Waals surface area contributed by atoms with Crippen LogP contribution in [0.15, 0.2) is 28.9 Å². The van der Waals surface area contributed by atoms with Gasteiger partial charge in [-0.05, 0) is 19.1 Å². The fraction of sp³-hybridized carbons (Fsp3) is 0.588. The Morgan fingerprint density at radius 1 is 1.13 bits per heavy atom. The number of anilines is 1. The lowest BCUT2D eigenvalue weighted by Crippen LogP contribution is -2.47. The molecule has 6 heteroatoms. The van der Waals surface area contributed by atoms with E-state index >= 15 is 0 Å². The van der Waals surface area contributed by atoms with Crippen LogP contribution in [0, 0.1) is 0 Å². The smallest absolute Gasteiger partial charge is 0.243 e. The second kappa shape index (κ2) is 6.28. The molecule has 1 atom stereocenters. The van der Waals surface area contributed by atoms with E-state index in [0.717, 1.165) is 37.8 Å². The Labute approximate surface area is 137 Å². The Morgan fingerprint density at radius 3 is 2.43 bits per heavy atom. The van der Waals surface area contributed by atoms with Gasteiger partial charge >= 0.3 is 0 Å². The molecule has 0 aliphatic carbocycles. The van der Waals surface area contributed by atoms with E-state index in [-0.39, 0.29) is 11.5 Å². The van der Waals surface area contributed by atoms with Crippen LogP contribution >= 0.6 is 0 Å². The van der Waals surface area contributed by atoms with Gasteiger partial charge in [-0.1, -0.05) is 32.0 Å². The van der Waals surface area contributed by atoms with Crippen LogP contribution in [0.3, 0.4) is 0 Å². The highest BCUT2D eigenvalue weighted by atomic mass is 16.5. The van der Waals surface area contributed by atoms with Gasteiger partial charge in [-0.15, -0.1) is 0 Å². The van der Waals surface area contributed by atoms with Gasteiger partial charge in [0.2, 0.25) is 5.89 Å². The molecule has 0 radical (unpaired) electrons. The number of hydrogen-bond acceptors (Lipinski definition) is 6. The van der Waals surface area contributed by atoms with Crippen LogP contribution in [0.25, 0.3) is 0 Å². The van der Waals surface area contributed by atoms with E-state index in [1.807, 2.05) is 18.3 Å². The third kappa shape index (κ3) is 3.52. The maximum atomic E-state index is 5.49. The lowest BCUT2D eigenvalue weighted by Gasteiger charge is -2.37. The van der Waals surface area contributed by atoms with Crippen molar-refractivity contribution in [3.05, 3.63) is 36.1 Å². The molecule has 1 saturated heterocycles. The molecule has 124 valence electrons. The molecule has 0 bridgehead atoms. The summed E-state index contributed by atoms with van der Waals surface area (Å²) in [5.41, 5.74) is -0.0842. The third-order valence-corrected chi connectivity index (χ3v) is 4.31. The first-order valence-electron chi connectivity index (χ1n) is 8.19. The molecule has 0 spiro atoms. The quantitative estimate of drug-likeness (QED) is 0.868. The Hall–Kier alpha value is -1.95. The van der Waals surface area contributed by atoms with Crippen molar-refractivity contribution in [2.24, 2.45) is 0 Å². The monoisotopic (exact) mass is 315 g/mol. The van der Waals surface area contributed by atoms with E-state index < -0.39 is 0 Å². The van der Waals surface area contributed by atoms with Crippen LogP contribution in [0.4, 0.5) is 5.82 Å². The van der Waals surface area contributed by atoms with E-state index in [9.17, 15) is 0 Å². The lowest BCUT2D eigenvalue weighted by molar-refractivity contribution is 0.164. The highest BCUT2D eigenvalue weighted by molar-refractivity contribution is 5.38. The van der Waals surface area contributed by atoms with E-state index in [2.05, 4.69) is 58.7 Å². The first kappa shape index (κ1) is 15.9. The predicted octanol–water partition coefficient (Wildman–Crippen LogP) is 2.65. The summed E-state index contributed by atoms with van der Waals surface area (Å²) in [7, 11) is 0. The zero-order valence-corrected chi connectivity index (χ0v) is 14.4. The van der Waals surface area contributed by atoms with Gasteiger partial charge in [0.1, 0.15) is 5.82 Å². The summed E-state index contributed by atoms with van der Waals surface area (Å²) in [6, 6.07) is 6.19. The summed E-state index contributed by atoms with van der Waals surface area (Å²) < 4.78 is 5.49. The average molecular weight is 315 g/mol. The molecule has 23 heavy (non-hydrogen) atoms. The minimum atomic E-state index is -0.0842. The maximum Gasteiger partial charge on any atom is 0.243 e. The largest absolute Gasteiger partial charge is 0.354 e. The highest BCUT2D eigenvalue weighted by Crippen LogP contribution is 2.25. The normalized spacial score (nSPS) is 18.2. The molecule has 1 aliphatic heterocycles. The second-order valence-electron chi connectivity index (χ2n) is 7.09. The van der Waals surface area contributed by atoms with E-state index in [1.54, 1.807) is 0 Å². The van der Waals surface area contributed by atoms with Crippen molar-refractivity contribution in [1.29, 1.82) is 0 Å². The molecular weight excluding hydrogens is 290 g/mol. The van der Waals surface area contributed by atoms with Crippen molar-refractivity contribution in [3.63, 3.8) is 0 Å². The summed E-state index contributed by atoms with van der Waals surface area (Å²) in [6.07, 6.45) is 1.84. The van der Waals surface area contributed by atoms with Crippen LogP contribution in [0.2, 0.25) is 0 Å². The highest BCUT2D eigenvalue weighted by Gasteiger charge is 2.28. The van der Waals surface area contributed by atoms with Gasteiger partial charge in [-0.3, -0.25) is 4.90 Å². The SMILES string of the molecule is CC(c1nc(C(C)(C)C)no1)N1CCN(c2ccccn2)CC1. The summed E-state index contributed by atoms with van der Waals surface area (Å²) >= 11 is 0. The number of hydrogen-bond donors (Lipinski definition) is 0. The van der Waals surface area contributed by atoms with Gasteiger partial charge in [0.05, 0.1) is 6.04 Å². The zero-order valence-electron chi connectivity index (χ0n) is 14.4. The number of nitrogens with zero attached hydrogens (tertiary/aromatic N) is 5. The first-order valence-corrected chi connectivity index (χ1v) is 8.19. The van der Waals surface area contributed by atoms with Crippen LogP contribution in [-0.4, -0.2) is 46.2 Å². The molecule has 0 N–H and O–H groups in total. The maximum absolute atomic E-state index is 5.49. The van der Waals surface area contributed by atoms with Crippen molar-refractivity contribution in [2.45, 2.75) is 39.2 Å². The number of aromatic nitrogens is 3. The van der Waals surface area contributed by atoms with E-state index in [1.165, 1.54) is 0 Å². The average Bonchev–Trinajstić information content (AvgIpc) is 3.05. The van der Waals surface area contributed by atoms with Gasteiger partial charge < -0.3 is 9.42 Å². The van der Waals surface area contributed by atoms with Gasteiger partial charge in [0, 0.05) is 37.8 Å². The molecule has 3 rings (SSSR count). The van der Waals surface area contributed by atoms with Crippen LogP contribution < -0.4 is 4.90 Å². The molecule has 0 amide bonds. The van der Waals surface area contributed by atoms with Crippen LogP contribution in [0.5, 0.6) is 0 Å². The molecule has 6 nitrogen and oxygen atoms in total. The Morgan fingerprint density at radius 2 is 1.87 bits per heavy atom. The molecule has 3 heterocycles. The topological polar surface area (TPSA) is 58.3 Å². The van der Waals surface area contributed by atoms with Gasteiger partial charge in [0.25, 0.3) is 0 Å². The molecule has 0 aromatic carbocycles. The van der Waals surface area contributed by atoms with Gasteiger partial charge in [-0.2, -0.15) is 4.98 Å². The van der Waals surface area contributed by atoms with E-state index in [0.29, 0.717) is 5.89 Å². The third-order valence-electron chi connectivity index (χ3n) is 4.31. The Balaban J connectivity index is 1.62. The zero-order chi connectivity index (χ0) is 16.4. The fourth-order valence-corrected chi connectivity index (χ4v) is 2.74. The minimum Gasteiger partial charge on any atom is -0.354 e. The molecule has 0 saturated carbocycles. The molecule has 1 aliphatic rings. The Bertz CT molecular complexity index is 626. The van der Waals surface area contributed by atoms with Gasteiger partial charge in [-0.25, -0.2) is 4.98 Å². The van der Waals surface area contributed by atoms with Gasteiger partial charge in [0.15, 0.2) is 5.82 Å².